The molecule has 0 aliphatic rings. The molecule has 7 aromatic heterocycles. The molecular formula is C44H42Cl8F3N7O. The van der Waals surface area contributed by atoms with Crippen LogP contribution in [0.25, 0.3) is 0 Å². The summed E-state index contributed by atoms with van der Waals surface area (Å²) in [6.07, 6.45) is 6.26. The summed E-state index contributed by atoms with van der Waals surface area (Å²) >= 11 is 44.6. The number of ether oxygens (including phenoxy) is 1. The Balaban J connectivity index is 0.000000369. The minimum Gasteiger partial charge on any atom is -0.481 e. The summed E-state index contributed by atoms with van der Waals surface area (Å²) in [5.41, 5.74) is 5.67. The Hall–Kier alpha value is -4.04. The summed E-state index contributed by atoms with van der Waals surface area (Å²) in [5.74, 6) is 0.706. The standard InChI is InChI=1S/C7H5ClF3N.C7H9NO.3C6H5Cl2N.C6H6ClN.C6H7N/c1-4-6(8)2-5(3-12-4)7(9,10)11;1-6-4-3-5-8-7(6)9-2;1-4-5(7)2-9-3-6(4)8;1-4-2-5(7)3-9-6(4)8;1-4-2-5(7)9-6(8)3-4;1-5-2-3-8-6(7)4-5;1-6-4-2-3-5-7-6/h2-3H,1H3;3-5H,1-2H3;3*2-3H,1H3;2-4H,1H3;2-5H,1H3. The van der Waals surface area contributed by atoms with Gasteiger partial charge in [-0.2, -0.15) is 13.2 Å². The Morgan fingerprint density at radius 2 is 1.13 bits per heavy atom. The average molecular weight is 1030 g/mol. The van der Waals surface area contributed by atoms with E-state index < -0.39 is 11.7 Å². The van der Waals surface area contributed by atoms with Crippen LogP contribution in [-0.2, 0) is 6.18 Å². The highest BCUT2D eigenvalue weighted by atomic mass is 35.5. The number of aryl methyl sites for hydroxylation is 6. The lowest BCUT2D eigenvalue weighted by Gasteiger charge is -2.06. The predicted octanol–water partition coefficient (Wildman–Crippen LogP) is 16.0. The van der Waals surface area contributed by atoms with E-state index in [0.29, 0.717) is 47.3 Å². The molecule has 0 aromatic carbocycles. The number of rotatable bonds is 1. The molecule has 0 spiro atoms. The van der Waals surface area contributed by atoms with E-state index in [0.717, 1.165) is 45.8 Å². The smallest absolute Gasteiger partial charge is 0.417 e. The van der Waals surface area contributed by atoms with Crippen LogP contribution in [0.2, 0.25) is 40.7 Å². The van der Waals surface area contributed by atoms with E-state index >= 15 is 0 Å². The van der Waals surface area contributed by atoms with E-state index in [1.54, 1.807) is 63.2 Å². The van der Waals surface area contributed by atoms with Gasteiger partial charge in [-0.25, -0.2) is 19.9 Å². The maximum atomic E-state index is 12.0. The summed E-state index contributed by atoms with van der Waals surface area (Å²) in [6, 6.07) is 19.6. The zero-order valence-corrected chi connectivity index (χ0v) is 41.1. The van der Waals surface area contributed by atoms with E-state index in [1.807, 2.05) is 84.0 Å². The largest absolute Gasteiger partial charge is 0.481 e. The second-order valence-electron chi connectivity index (χ2n) is 12.5. The molecule has 0 bridgehead atoms. The molecule has 0 N–H and O–H groups in total. The monoisotopic (exact) mass is 1020 g/mol. The number of hydrogen-bond donors (Lipinski definition) is 0. The van der Waals surface area contributed by atoms with Crippen molar-refractivity contribution in [3.05, 3.63) is 196 Å². The van der Waals surface area contributed by atoms with Crippen molar-refractivity contribution in [2.24, 2.45) is 0 Å². The summed E-state index contributed by atoms with van der Waals surface area (Å²) in [6.45, 7) is 13.1. The topological polar surface area (TPSA) is 99.5 Å². The van der Waals surface area contributed by atoms with Crippen molar-refractivity contribution in [3.8, 4) is 5.88 Å². The first-order valence-electron chi connectivity index (χ1n) is 18.0. The number of aromatic nitrogens is 7. The van der Waals surface area contributed by atoms with Crippen molar-refractivity contribution in [2.45, 2.75) is 54.6 Å². The van der Waals surface area contributed by atoms with Crippen LogP contribution in [0.15, 0.2) is 110 Å². The van der Waals surface area contributed by atoms with E-state index in [2.05, 4.69) is 34.9 Å². The number of methoxy groups -OCH3 is 1. The van der Waals surface area contributed by atoms with E-state index in [1.165, 1.54) is 6.20 Å². The highest BCUT2D eigenvalue weighted by Gasteiger charge is 2.31. The second-order valence-corrected chi connectivity index (χ2v) is 15.7. The molecule has 0 atom stereocenters. The van der Waals surface area contributed by atoms with Gasteiger partial charge in [-0.3, -0.25) is 15.0 Å². The molecule has 0 aliphatic heterocycles. The van der Waals surface area contributed by atoms with Gasteiger partial charge in [0.25, 0.3) is 0 Å². The van der Waals surface area contributed by atoms with Crippen LogP contribution in [0.3, 0.4) is 0 Å². The number of alkyl halides is 3. The number of nitrogens with zero attached hydrogens (tertiary/aromatic N) is 7. The van der Waals surface area contributed by atoms with Crippen LogP contribution in [-0.4, -0.2) is 42.0 Å². The minimum absolute atomic E-state index is 0.0322. The van der Waals surface area contributed by atoms with Crippen LogP contribution < -0.4 is 4.74 Å². The lowest BCUT2D eigenvalue weighted by Crippen LogP contribution is -2.05. The van der Waals surface area contributed by atoms with Gasteiger partial charge in [0, 0.05) is 54.6 Å². The molecule has 19 heteroatoms. The van der Waals surface area contributed by atoms with Crippen molar-refractivity contribution in [3.63, 3.8) is 0 Å². The third-order valence-electron chi connectivity index (χ3n) is 7.18. The summed E-state index contributed by atoms with van der Waals surface area (Å²) in [7, 11) is 1.62. The highest BCUT2D eigenvalue weighted by molar-refractivity contribution is 6.35. The van der Waals surface area contributed by atoms with Crippen LogP contribution in [0, 0.1) is 48.5 Å². The lowest BCUT2D eigenvalue weighted by atomic mass is 10.2. The number of pyridine rings is 7. The van der Waals surface area contributed by atoms with Gasteiger partial charge in [0.15, 0.2) is 0 Å². The Labute approximate surface area is 406 Å². The normalized spacial score (nSPS) is 9.83. The van der Waals surface area contributed by atoms with Crippen molar-refractivity contribution in [1.29, 1.82) is 0 Å². The van der Waals surface area contributed by atoms with Crippen LogP contribution in [0.4, 0.5) is 13.2 Å². The third kappa shape index (κ3) is 25.1. The molecule has 63 heavy (non-hydrogen) atoms. The van der Waals surface area contributed by atoms with E-state index in [9.17, 15) is 13.2 Å². The fourth-order valence-corrected chi connectivity index (χ4v) is 5.52. The van der Waals surface area contributed by atoms with Gasteiger partial charge in [0.1, 0.15) is 20.6 Å². The maximum Gasteiger partial charge on any atom is 0.417 e. The van der Waals surface area contributed by atoms with Gasteiger partial charge in [0.05, 0.1) is 38.5 Å². The minimum atomic E-state index is -4.37. The molecule has 7 heterocycles. The predicted molar refractivity (Wildman–Crippen MR) is 254 cm³/mol. The number of halogens is 11. The van der Waals surface area contributed by atoms with Crippen molar-refractivity contribution in [2.75, 3.05) is 7.11 Å². The first kappa shape index (κ1) is 57.0. The van der Waals surface area contributed by atoms with Crippen LogP contribution in [0.1, 0.15) is 44.8 Å². The molecular weight excluding hydrogens is 983 g/mol. The zero-order chi connectivity index (χ0) is 47.7. The summed E-state index contributed by atoms with van der Waals surface area (Å²) in [5, 5.41) is 3.84. The van der Waals surface area contributed by atoms with Crippen LogP contribution >= 0.6 is 92.8 Å². The first-order valence-corrected chi connectivity index (χ1v) is 21.0. The molecule has 336 valence electrons. The molecule has 0 amide bonds. The van der Waals surface area contributed by atoms with E-state index in [-0.39, 0.29) is 5.02 Å². The molecule has 7 aromatic rings. The molecule has 0 radical (unpaired) electrons. The van der Waals surface area contributed by atoms with Crippen molar-refractivity contribution >= 4 is 92.8 Å². The van der Waals surface area contributed by atoms with E-state index in [4.69, 9.17) is 97.5 Å². The quantitative estimate of drug-likeness (QED) is 0.150. The van der Waals surface area contributed by atoms with Gasteiger partial charge in [0.2, 0.25) is 5.88 Å². The first-order chi connectivity index (χ1) is 29.5. The Morgan fingerprint density at radius 1 is 0.524 bits per heavy atom. The number of hydrogen-bond acceptors (Lipinski definition) is 8. The van der Waals surface area contributed by atoms with Crippen molar-refractivity contribution < 1.29 is 17.9 Å². The fraction of sp³-hybridized carbons (Fsp3) is 0.205. The zero-order valence-electron chi connectivity index (χ0n) is 35.1. The second kappa shape index (κ2) is 30.2. The summed E-state index contributed by atoms with van der Waals surface area (Å²) < 4.78 is 40.9. The van der Waals surface area contributed by atoms with Gasteiger partial charge in [-0.1, -0.05) is 105 Å². The van der Waals surface area contributed by atoms with Gasteiger partial charge < -0.3 is 4.74 Å². The van der Waals surface area contributed by atoms with Gasteiger partial charge >= 0.3 is 6.18 Å². The van der Waals surface area contributed by atoms with Gasteiger partial charge in [-0.15, -0.1) is 0 Å². The molecule has 0 aliphatic carbocycles. The Kier molecular flexibility index (Phi) is 27.3. The average Bonchev–Trinajstić information content (AvgIpc) is 3.20. The Morgan fingerprint density at radius 3 is 1.51 bits per heavy atom. The van der Waals surface area contributed by atoms with Gasteiger partial charge in [-0.05, 0) is 125 Å². The molecule has 0 fully saturated rings. The third-order valence-corrected chi connectivity index (χ3v) is 9.52. The summed E-state index contributed by atoms with van der Waals surface area (Å²) in [4.78, 5) is 26.6. The molecule has 0 unspecified atom stereocenters. The molecule has 7 rings (SSSR count). The SMILES string of the molecule is COc1ncccc1C.Cc1c(Cl)cncc1Cl.Cc1cc(Cl)cnc1Cl.Cc1cc(Cl)nc(Cl)c1.Cc1ccccn1.Cc1ccnc(Cl)c1.Cc1ncc(C(F)(F)F)cc1Cl. The molecule has 8 nitrogen and oxygen atoms in total. The maximum absolute atomic E-state index is 12.0. The fourth-order valence-electron chi connectivity index (χ4n) is 3.88. The highest BCUT2D eigenvalue weighted by Crippen LogP contribution is 2.30. The van der Waals surface area contributed by atoms with Crippen LogP contribution in [0.5, 0.6) is 5.88 Å². The molecule has 0 saturated carbocycles. The lowest BCUT2D eigenvalue weighted by molar-refractivity contribution is -0.137. The Bertz CT molecular complexity index is 2350. The van der Waals surface area contributed by atoms with Crippen molar-refractivity contribution in [1.82, 2.24) is 34.9 Å². The molecule has 0 saturated heterocycles.